The van der Waals surface area contributed by atoms with Crippen molar-refractivity contribution in [1.82, 2.24) is 0 Å². The molecule has 0 radical (unpaired) electrons. The summed E-state index contributed by atoms with van der Waals surface area (Å²) in [5.41, 5.74) is 0.492. The molecule has 2 atom stereocenters. The van der Waals surface area contributed by atoms with E-state index in [1.54, 1.807) is 0 Å². The van der Waals surface area contributed by atoms with E-state index in [1.165, 1.54) is 77.0 Å². The average molecular weight is 335 g/mol. The molecule has 2 unspecified atom stereocenters. The third-order valence-corrected chi connectivity index (χ3v) is 8.03. The van der Waals surface area contributed by atoms with Gasteiger partial charge in [-0.25, -0.2) is 0 Å². The lowest BCUT2D eigenvalue weighted by Crippen LogP contribution is -2.57. The van der Waals surface area contributed by atoms with Crippen LogP contribution in [0.1, 0.15) is 111 Å². The zero-order chi connectivity index (χ0) is 17.3. The lowest BCUT2D eigenvalue weighted by molar-refractivity contribution is -0.206. The average Bonchev–Trinajstić information content (AvgIpc) is 2.60. The van der Waals surface area contributed by atoms with Crippen LogP contribution in [0.2, 0.25) is 0 Å². The highest BCUT2D eigenvalue weighted by Crippen LogP contribution is 2.62. The van der Waals surface area contributed by atoms with Crippen molar-refractivity contribution in [3.63, 3.8) is 0 Å². The van der Waals surface area contributed by atoms with Crippen molar-refractivity contribution in [2.45, 2.75) is 116 Å². The molecule has 0 heterocycles. The van der Waals surface area contributed by atoms with Gasteiger partial charge in [0.05, 0.1) is 5.92 Å². The molecule has 3 aliphatic rings. The van der Waals surface area contributed by atoms with Crippen LogP contribution in [0, 0.1) is 16.7 Å². The number of hydrogen-bond donors (Lipinski definition) is 0. The molecule has 0 aliphatic heterocycles. The maximum Gasteiger partial charge on any atom is 0.309 e. The fourth-order valence-electron chi connectivity index (χ4n) is 6.13. The topological polar surface area (TPSA) is 26.3 Å². The van der Waals surface area contributed by atoms with E-state index in [-0.39, 0.29) is 22.9 Å². The van der Waals surface area contributed by atoms with Crippen molar-refractivity contribution in [3.8, 4) is 0 Å². The van der Waals surface area contributed by atoms with Crippen molar-refractivity contribution >= 4 is 5.97 Å². The zero-order valence-electron chi connectivity index (χ0n) is 16.3. The van der Waals surface area contributed by atoms with E-state index in [9.17, 15) is 4.79 Å². The number of rotatable bonds is 3. The Hall–Kier alpha value is -0.530. The summed E-state index contributed by atoms with van der Waals surface area (Å²) in [7, 11) is 0. The van der Waals surface area contributed by atoms with E-state index in [0.29, 0.717) is 5.41 Å². The van der Waals surface area contributed by atoms with Gasteiger partial charge in [-0.1, -0.05) is 52.4 Å². The van der Waals surface area contributed by atoms with E-state index >= 15 is 0 Å². The highest BCUT2D eigenvalue weighted by Gasteiger charge is 2.58. The van der Waals surface area contributed by atoms with Gasteiger partial charge in [0.1, 0.15) is 5.60 Å². The molecule has 2 heteroatoms. The Morgan fingerprint density at radius 1 is 0.917 bits per heavy atom. The van der Waals surface area contributed by atoms with Crippen LogP contribution in [-0.2, 0) is 9.53 Å². The van der Waals surface area contributed by atoms with Crippen molar-refractivity contribution < 1.29 is 9.53 Å². The van der Waals surface area contributed by atoms with Crippen molar-refractivity contribution in [2.24, 2.45) is 16.7 Å². The van der Waals surface area contributed by atoms with E-state index < -0.39 is 0 Å². The maximum atomic E-state index is 12.7. The first-order chi connectivity index (χ1) is 11.4. The van der Waals surface area contributed by atoms with Crippen LogP contribution in [-0.4, -0.2) is 11.6 Å². The van der Waals surface area contributed by atoms with E-state index in [0.717, 1.165) is 12.8 Å². The summed E-state index contributed by atoms with van der Waals surface area (Å²) in [5, 5.41) is 0. The predicted molar refractivity (Wildman–Crippen MR) is 98.8 cm³/mol. The Labute approximate surface area is 149 Å². The molecule has 0 aromatic rings. The van der Waals surface area contributed by atoms with E-state index in [2.05, 4.69) is 13.8 Å². The summed E-state index contributed by atoms with van der Waals surface area (Å²) in [6.45, 7) is 6.43. The normalized spacial score (nSPS) is 33.3. The first-order valence-electron chi connectivity index (χ1n) is 10.7. The van der Waals surface area contributed by atoms with Crippen LogP contribution in [0.4, 0.5) is 0 Å². The third-order valence-electron chi connectivity index (χ3n) is 8.03. The molecular formula is C22H38O2. The third kappa shape index (κ3) is 3.27. The van der Waals surface area contributed by atoms with Crippen LogP contribution >= 0.6 is 0 Å². The van der Waals surface area contributed by atoms with Gasteiger partial charge >= 0.3 is 5.97 Å². The van der Waals surface area contributed by atoms with Crippen molar-refractivity contribution in [1.29, 1.82) is 0 Å². The minimum absolute atomic E-state index is 0.0340. The summed E-state index contributed by atoms with van der Waals surface area (Å²) >= 11 is 0. The highest BCUT2D eigenvalue weighted by atomic mass is 16.6. The number of hydrogen-bond acceptors (Lipinski definition) is 2. The van der Waals surface area contributed by atoms with Gasteiger partial charge in [0.25, 0.3) is 0 Å². The fraction of sp³-hybridized carbons (Fsp3) is 0.955. The Bertz CT molecular complexity index is 443. The predicted octanol–water partition coefficient (Wildman–Crippen LogP) is 6.42. The van der Waals surface area contributed by atoms with Gasteiger partial charge in [0.15, 0.2) is 0 Å². The molecule has 2 nitrogen and oxygen atoms in total. The van der Waals surface area contributed by atoms with Gasteiger partial charge in [0, 0.05) is 5.41 Å². The maximum absolute atomic E-state index is 12.7. The monoisotopic (exact) mass is 334 g/mol. The summed E-state index contributed by atoms with van der Waals surface area (Å²) in [6.07, 6.45) is 18.1. The Balaban J connectivity index is 1.85. The summed E-state index contributed by atoms with van der Waals surface area (Å²) in [6, 6.07) is 0. The molecule has 2 spiro atoms. The molecular weight excluding hydrogens is 296 g/mol. The molecule has 0 aromatic carbocycles. The Morgan fingerprint density at radius 2 is 1.50 bits per heavy atom. The number of ether oxygens (including phenoxy) is 1. The molecule has 0 bridgehead atoms. The highest BCUT2D eigenvalue weighted by molar-refractivity contribution is 5.72. The van der Waals surface area contributed by atoms with Crippen molar-refractivity contribution in [3.05, 3.63) is 0 Å². The Kier molecular flexibility index (Phi) is 5.33. The first-order valence-corrected chi connectivity index (χ1v) is 10.7. The Morgan fingerprint density at radius 3 is 2.08 bits per heavy atom. The van der Waals surface area contributed by atoms with Crippen LogP contribution < -0.4 is 0 Å². The fourth-order valence-corrected chi connectivity index (χ4v) is 6.13. The molecule has 24 heavy (non-hydrogen) atoms. The minimum atomic E-state index is -0.233. The van der Waals surface area contributed by atoms with Gasteiger partial charge in [-0.05, 0) is 63.7 Å². The SMILES string of the molecule is CCC(C)C(=O)OC1(C)CC2(CCCCC2)CCC12CCCCC2. The molecule has 3 aliphatic carbocycles. The van der Waals surface area contributed by atoms with Crippen LogP contribution in [0.5, 0.6) is 0 Å². The summed E-state index contributed by atoms with van der Waals surface area (Å²) < 4.78 is 6.41. The molecule has 0 saturated heterocycles. The van der Waals surface area contributed by atoms with E-state index in [1.807, 2.05) is 6.92 Å². The number of carbonyl (C=O) groups is 1. The number of esters is 1. The standard InChI is InChI=1S/C22H38O2/c1-4-18(2)19(23)24-20(3)17-21(11-7-5-8-12-21)15-16-22(20)13-9-6-10-14-22/h18H,4-17H2,1-3H3. The second-order valence-electron chi connectivity index (χ2n) is 9.54. The second kappa shape index (κ2) is 7.00. The molecule has 0 amide bonds. The first kappa shape index (κ1) is 18.3. The van der Waals surface area contributed by atoms with Crippen LogP contribution in [0.3, 0.4) is 0 Å². The quantitative estimate of drug-likeness (QED) is 0.557. The number of carbonyl (C=O) groups excluding carboxylic acids is 1. The zero-order valence-corrected chi connectivity index (χ0v) is 16.3. The lowest BCUT2D eigenvalue weighted by atomic mass is 9.49. The van der Waals surface area contributed by atoms with E-state index in [4.69, 9.17) is 4.74 Å². The summed E-state index contributed by atoms with van der Waals surface area (Å²) in [4.78, 5) is 12.7. The molecule has 0 aromatic heterocycles. The van der Waals surface area contributed by atoms with Gasteiger partial charge < -0.3 is 4.74 Å². The van der Waals surface area contributed by atoms with Crippen molar-refractivity contribution in [2.75, 3.05) is 0 Å². The molecule has 0 N–H and O–H groups in total. The molecule has 138 valence electrons. The van der Waals surface area contributed by atoms with Gasteiger partial charge in [-0.2, -0.15) is 0 Å². The van der Waals surface area contributed by atoms with Crippen LogP contribution in [0.25, 0.3) is 0 Å². The molecule has 3 fully saturated rings. The van der Waals surface area contributed by atoms with Gasteiger partial charge in [-0.3, -0.25) is 4.79 Å². The lowest BCUT2D eigenvalue weighted by Gasteiger charge is -2.59. The largest absolute Gasteiger partial charge is 0.459 e. The minimum Gasteiger partial charge on any atom is -0.459 e. The van der Waals surface area contributed by atoms with Crippen LogP contribution in [0.15, 0.2) is 0 Å². The smallest absolute Gasteiger partial charge is 0.309 e. The van der Waals surface area contributed by atoms with Gasteiger partial charge in [0.2, 0.25) is 0 Å². The molecule has 3 rings (SSSR count). The van der Waals surface area contributed by atoms with Gasteiger partial charge in [-0.15, -0.1) is 0 Å². The summed E-state index contributed by atoms with van der Waals surface area (Å²) in [5.74, 6) is 0.0875. The molecule has 3 saturated carbocycles. The second-order valence-corrected chi connectivity index (χ2v) is 9.54.